The standard InChI is InChI=1S/C12H16N2OS/c15-12(14-8-3-4-9-14)6-10-16-11-5-1-2-7-13-11/h1-2,5,7H,3-4,6,8-10H2. The highest BCUT2D eigenvalue weighted by Gasteiger charge is 2.17. The summed E-state index contributed by atoms with van der Waals surface area (Å²) in [7, 11) is 0. The maximum absolute atomic E-state index is 11.7. The number of pyridine rings is 1. The molecule has 86 valence electrons. The average Bonchev–Trinajstić information content (AvgIpc) is 2.84. The highest BCUT2D eigenvalue weighted by Crippen LogP contribution is 2.16. The van der Waals surface area contributed by atoms with Crippen molar-refractivity contribution in [2.45, 2.75) is 24.3 Å². The zero-order valence-electron chi connectivity index (χ0n) is 9.26. The molecule has 0 unspecified atom stereocenters. The largest absolute Gasteiger partial charge is 0.343 e. The Kier molecular flexibility index (Phi) is 4.22. The molecule has 0 atom stereocenters. The van der Waals surface area contributed by atoms with Crippen LogP contribution in [0.1, 0.15) is 19.3 Å². The van der Waals surface area contributed by atoms with E-state index in [1.165, 1.54) is 12.8 Å². The molecule has 0 aromatic carbocycles. The van der Waals surface area contributed by atoms with Crippen molar-refractivity contribution in [3.8, 4) is 0 Å². The van der Waals surface area contributed by atoms with Gasteiger partial charge in [0.1, 0.15) is 0 Å². The Bertz CT molecular complexity index is 336. The Balaban J connectivity index is 1.70. The van der Waals surface area contributed by atoms with E-state index < -0.39 is 0 Å². The van der Waals surface area contributed by atoms with Gasteiger partial charge in [-0.05, 0) is 25.0 Å². The van der Waals surface area contributed by atoms with Crippen molar-refractivity contribution in [1.82, 2.24) is 9.88 Å². The van der Waals surface area contributed by atoms with Crippen molar-refractivity contribution >= 4 is 17.7 Å². The number of rotatable bonds is 4. The van der Waals surface area contributed by atoms with Crippen molar-refractivity contribution < 1.29 is 4.79 Å². The summed E-state index contributed by atoms with van der Waals surface area (Å²) in [5.74, 6) is 1.12. The van der Waals surface area contributed by atoms with Crippen molar-refractivity contribution in [2.75, 3.05) is 18.8 Å². The molecule has 0 bridgehead atoms. The van der Waals surface area contributed by atoms with Gasteiger partial charge in [0, 0.05) is 31.5 Å². The van der Waals surface area contributed by atoms with E-state index in [-0.39, 0.29) is 0 Å². The molecule has 1 aromatic rings. The Morgan fingerprint density at radius 1 is 1.38 bits per heavy atom. The summed E-state index contributed by atoms with van der Waals surface area (Å²) in [4.78, 5) is 17.9. The normalized spacial score (nSPS) is 15.4. The first-order valence-electron chi connectivity index (χ1n) is 5.68. The summed E-state index contributed by atoms with van der Waals surface area (Å²) >= 11 is 1.65. The fourth-order valence-corrected chi connectivity index (χ4v) is 2.60. The van der Waals surface area contributed by atoms with Gasteiger partial charge in [0.15, 0.2) is 0 Å². The van der Waals surface area contributed by atoms with E-state index in [9.17, 15) is 4.79 Å². The number of carbonyl (C=O) groups excluding carboxylic acids is 1. The highest BCUT2D eigenvalue weighted by molar-refractivity contribution is 7.99. The number of thioether (sulfide) groups is 1. The van der Waals surface area contributed by atoms with Crippen LogP contribution in [0, 0.1) is 0 Å². The van der Waals surface area contributed by atoms with E-state index in [0.29, 0.717) is 12.3 Å². The second-order valence-electron chi connectivity index (χ2n) is 3.85. The molecular weight excluding hydrogens is 220 g/mol. The molecule has 0 aliphatic carbocycles. The third-order valence-electron chi connectivity index (χ3n) is 2.66. The molecule has 0 spiro atoms. The molecule has 1 saturated heterocycles. The van der Waals surface area contributed by atoms with Crippen LogP contribution in [-0.4, -0.2) is 34.6 Å². The van der Waals surface area contributed by atoms with E-state index in [4.69, 9.17) is 0 Å². The van der Waals surface area contributed by atoms with Crippen molar-refractivity contribution in [1.29, 1.82) is 0 Å². The number of hydrogen-bond acceptors (Lipinski definition) is 3. The molecule has 16 heavy (non-hydrogen) atoms. The van der Waals surface area contributed by atoms with Gasteiger partial charge in [-0.25, -0.2) is 4.98 Å². The summed E-state index contributed by atoms with van der Waals surface area (Å²) in [6, 6.07) is 5.85. The molecule has 1 aromatic heterocycles. The monoisotopic (exact) mass is 236 g/mol. The van der Waals surface area contributed by atoms with Crippen molar-refractivity contribution in [3.05, 3.63) is 24.4 Å². The highest BCUT2D eigenvalue weighted by atomic mass is 32.2. The maximum Gasteiger partial charge on any atom is 0.223 e. The van der Waals surface area contributed by atoms with Crippen LogP contribution in [0.25, 0.3) is 0 Å². The zero-order valence-corrected chi connectivity index (χ0v) is 10.1. The molecule has 1 aliphatic rings. The van der Waals surface area contributed by atoms with Crippen molar-refractivity contribution in [3.63, 3.8) is 0 Å². The lowest BCUT2D eigenvalue weighted by atomic mass is 10.4. The summed E-state index contributed by atoms with van der Waals surface area (Å²) < 4.78 is 0. The molecule has 2 rings (SSSR count). The quantitative estimate of drug-likeness (QED) is 0.751. The van der Waals surface area contributed by atoms with Gasteiger partial charge in [0.25, 0.3) is 0 Å². The first kappa shape index (κ1) is 11.5. The first-order valence-corrected chi connectivity index (χ1v) is 6.66. The second kappa shape index (κ2) is 5.89. The Morgan fingerprint density at radius 2 is 2.19 bits per heavy atom. The van der Waals surface area contributed by atoms with Crippen LogP contribution in [0.3, 0.4) is 0 Å². The van der Waals surface area contributed by atoms with Crippen LogP contribution < -0.4 is 0 Å². The predicted molar refractivity (Wildman–Crippen MR) is 65.4 cm³/mol. The SMILES string of the molecule is O=C(CCSc1ccccn1)N1CCCC1. The van der Waals surface area contributed by atoms with Gasteiger partial charge in [0.05, 0.1) is 5.03 Å². The van der Waals surface area contributed by atoms with Gasteiger partial charge in [-0.2, -0.15) is 0 Å². The fraction of sp³-hybridized carbons (Fsp3) is 0.500. The van der Waals surface area contributed by atoms with Gasteiger partial charge in [-0.15, -0.1) is 11.8 Å². The number of aromatic nitrogens is 1. The van der Waals surface area contributed by atoms with Crippen LogP contribution in [-0.2, 0) is 4.79 Å². The van der Waals surface area contributed by atoms with E-state index in [1.807, 2.05) is 23.1 Å². The van der Waals surface area contributed by atoms with Crippen molar-refractivity contribution in [2.24, 2.45) is 0 Å². The number of hydrogen-bond donors (Lipinski definition) is 0. The second-order valence-corrected chi connectivity index (χ2v) is 4.97. The third kappa shape index (κ3) is 3.23. The predicted octanol–water partition coefficient (Wildman–Crippen LogP) is 2.19. The molecule has 0 saturated carbocycles. The average molecular weight is 236 g/mol. The van der Waals surface area contributed by atoms with E-state index >= 15 is 0 Å². The van der Waals surface area contributed by atoms with E-state index in [1.54, 1.807) is 18.0 Å². The lowest BCUT2D eigenvalue weighted by molar-refractivity contribution is -0.129. The van der Waals surface area contributed by atoms with Gasteiger partial charge in [0.2, 0.25) is 5.91 Å². The van der Waals surface area contributed by atoms with Gasteiger partial charge in [-0.1, -0.05) is 6.07 Å². The van der Waals surface area contributed by atoms with Gasteiger partial charge < -0.3 is 4.90 Å². The van der Waals surface area contributed by atoms with Gasteiger partial charge >= 0.3 is 0 Å². The lowest BCUT2D eigenvalue weighted by Crippen LogP contribution is -2.27. The molecule has 1 aliphatic heterocycles. The summed E-state index contributed by atoms with van der Waals surface area (Å²) in [5.41, 5.74) is 0. The minimum Gasteiger partial charge on any atom is -0.343 e. The number of amides is 1. The maximum atomic E-state index is 11.7. The number of carbonyl (C=O) groups is 1. The van der Waals surface area contributed by atoms with E-state index in [0.717, 1.165) is 23.9 Å². The Morgan fingerprint density at radius 3 is 2.88 bits per heavy atom. The van der Waals surface area contributed by atoms with Crippen LogP contribution in [0.5, 0.6) is 0 Å². The van der Waals surface area contributed by atoms with Crippen LogP contribution in [0.4, 0.5) is 0 Å². The first-order chi connectivity index (χ1) is 7.86. The number of likely N-dealkylation sites (tertiary alicyclic amines) is 1. The fourth-order valence-electron chi connectivity index (χ4n) is 1.80. The minimum atomic E-state index is 0.293. The molecule has 3 nitrogen and oxygen atoms in total. The summed E-state index contributed by atoms with van der Waals surface area (Å²) in [6.07, 6.45) is 4.74. The zero-order chi connectivity index (χ0) is 11.2. The molecule has 0 radical (unpaired) electrons. The lowest BCUT2D eigenvalue weighted by Gasteiger charge is -2.14. The molecule has 0 N–H and O–H groups in total. The minimum absolute atomic E-state index is 0.293. The molecule has 1 fully saturated rings. The Labute approximate surface area is 100 Å². The number of nitrogens with zero attached hydrogens (tertiary/aromatic N) is 2. The summed E-state index contributed by atoms with van der Waals surface area (Å²) in [5, 5.41) is 0.997. The molecule has 1 amide bonds. The van der Waals surface area contributed by atoms with Gasteiger partial charge in [-0.3, -0.25) is 4.79 Å². The summed E-state index contributed by atoms with van der Waals surface area (Å²) in [6.45, 7) is 1.90. The van der Waals surface area contributed by atoms with Crippen LogP contribution in [0.2, 0.25) is 0 Å². The topological polar surface area (TPSA) is 33.2 Å². The molecule has 2 heterocycles. The van der Waals surface area contributed by atoms with E-state index in [2.05, 4.69) is 4.98 Å². The molecule has 4 heteroatoms. The Hall–Kier alpha value is -1.03. The van der Waals surface area contributed by atoms with Crippen LogP contribution >= 0.6 is 11.8 Å². The smallest absolute Gasteiger partial charge is 0.223 e. The van der Waals surface area contributed by atoms with Crippen LogP contribution in [0.15, 0.2) is 29.4 Å². The third-order valence-corrected chi connectivity index (χ3v) is 3.61. The molecular formula is C12H16N2OS.